The number of aromatic nitrogens is 1. The first-order valence-corrected chi connectivity index (χ1v) is 10.3. The molecule has 0 fully saturated rings. The Kier molecular flexibility index (Phi) is 6.41. The van der Waals surface area contributed by atoms with Gasteiger partial charge < -0.3 is 19.9 Å². The van der Waals surface area contributed by atoms with Crippen molar-refractivity contribution in [3.05, 3.63) is 47.8 Å². The number of aryl methyl sites for hydroxylation is 1. The molecule has 7 nitrogen and oxygen atoms in total. The second-order valence-corrected chi connectivity index (χ2v) is 7.96. The Morgan fingerprint density at radius 1 is 1.13 bits per heavy atom. The van der Waals surface area contributed by atoms with Crippen LogP contribution in [0.2, 0.25) is 0 Å². The van der Waals surface area contributed by atoms with Crippen molar-refractivity contribution in [2.45, 2.75) is 34.2 Å². The fourth-order valence-electron chi connectivity index (χ4n) is 3.64. The van der Waals surface area contributed by atoms with E-state index in [1.807, 2.05) is 38.1 Å². The number of anilines is 2. The Morgan fingerprint density at radius 2 is 1.90 bits per heavy atom. The lowest BCUT2D eigenvalue weighted by molar-refractivity contribution is -0.137. The minimum atomic E-state index is -1.11. The highest BCUT2D eigenvalue weighted by atomic mass is 16.5. The molecule has 0 bridgehead atoms. The second-order valence-electron chi connectivity index (χ2n) is 7.96. The SMILES string of the molecule is CCN1C(=O)C(C)(C)C(=O)N(C)c2cc(OCCNCc3cccnc3C)ccc21. The number of nitrogens with zero attached hydrogens (tertiary/aromatic N) is 3. The number of pyridine rings is 1. The molecule has 160 valence electrons. The fraction of sp³-hybridized carbons (Fsp3) is 0.435. The molecule has 1 aromatic heterocycles. The number of hydrogen-bond donors (Lipinski definition) is 1. The molecule has 0 spiro atoms. The average Bonchev–Trinajstić information content (AvgIpc) is 2.78. The third kappa shape index (κ3) is 4.16. The van der Waals surface area contributed by atoms with Crippen LogP contribution in [0.15, 0.2) is 36.5 Å². The fourth-order valence-corrected chi connectivity index (χ4v) is 3.64. The van der Waals surface area contributed by atoms with E-state index in [2.05, 4.69) is 16.4 Å². The Morgan fingerprint density at radius 3 is 2.60 bits per heavy atom. The van der Waals surface area contributed by atoms with E-state index in [1.54, 1.807) is 36.9 Å². The number of benzene rings is 1. The normalized spacial score (nSPS) is 15.8. The van der Waals surface area contributed by atoms with Crippen LogP contribution in [0, 0.1) is 12.3 Å². The van der Waals surface area contributed by atoms with Crippen LogP contribution < -0.4 is 19.9 Å². The van der Waals surface area contributed by atoms with Crippen molar-refractivity contribution >= 4 is 23.2 Å². The van der Waals surface area contributed by atoms with Gasteiger partial charge in [0.05, 0.1) is 11.4 Å². The first-order valence-electron chi connectivity index (χ1n) is 10.3. The molecule has 0 saturated carbocycles. The maximum Gasteiger partial charge on any atom is 0.242 e. The standard InChI is InChI=1S/C23H30N4O3/c1-6-27-19-10-9-18(14-20(19)26(5)21(28)23(3,4)22(27)29)30-13-12-24-15-17-8-7-11-25-16(17)2/h7-11,14,24H,6,12-13,15H2,1-5H3. The summed E-state index contributed by atoms with van der Waals surface area (Å²) in [7, 11) is 1.71. The van der Waals surface area contributed by atoms with Gasteiger partial charge in [0.2, 0.25) is 11.8 Å². The highest BCUT2D eigenvalue weighted by molar-refractivity contribution is 6.20. The Balaban J connectivity index is 1.68. The van der Waals surface area contributed by atoms with Crippen LogP contribution >= 0.6 is 0 Å². The number of hydrogen-bond acceptors (Lipinski definition) is 5. The van der Waals surface area contributed by atoms with Gasteiger partial charge in [0.25, 0.3) is 0 Å². The number of carbonyl (C=O) groups is 2. The van der Waals surface area contributed by atoms with E-state index in [0.29, 0.717) is 31.1 Å². The van der Waals surface area contributed by atoms with Crippen molar-refractivity contribution in [3.63, 3.8) is 0 Å². The summed E-state index contributed by atoms with van der Waals surface area (Å²) < 4.78 is 5.89. The molecule has 3 rings (SSSR count). The number of nitrogens with one attached hydrogen (secondary N) is 1. The van der Waals surface area contributed by atoms with Gasteiger partial charge in [0.15, 0.2) is 0 Å². The third-order valence-electron chi connectivity index (χ3n) is 5.51. The molecule has 2 amide bonds. The monoisotopic (exact) mass is 410 g/mol. The van der Waals surface area contributed by atoms with Crippen molar-refractivity contribution < 1.29 is 14.3 Å². The molecular formula is C23H30N4O3. The summed E-state index contributed by atoms with van der Waals surface area (Å²) in [4.78, 5) is 33.3. The van der Waals surface area contributed by atoms with Crippen LogP contribution in [0.5, 0.6) is 5.75 Å². The number of fused-ring (bicyclic) bond motifs is 1. The number of ether oxygens (including phenoxy) is 1. The molecule has 1 N–H and O–H groups in total. The van der Waals surface area contributed by atoms with E-state index in [9.17, 15) is 9.59 Å². The molecule has 2 aromatic rings. The van der Waals surface area contributed by atoms with Crippen LogP contribution in [-0.2, 0) is 16.1 Å². The highest BCUT2D eigenvalue weighted by Crippen LogP contribution is 2.40. The minimum absolute atomic E-state index is 0.191. The summed E-state index contributed by atoms with van der Waals surface area (Å²) in [6.45, 7) is 9.64. The van der Waals surface area contributed by atoms with Crippen molar-refractivity contribution in [1.29, 1.82) is 0 Å². The van der Waals surface area contributed by atoms with Gasteiger partial charge >= 0.3 is 0 Å². The molecule has 1 aliphatic heterocycles. The molecule has 0 radical (unpaired) electrons. The maximum atomic E-state index is 12.9. The Labute approximate surface area is 178 Å². The zero-order chi connectivity index (χ0) is 21.9. The molecule has 0 unspecified atom stereocenters. The minimum Gasteiger partial charge on any atom is -0.492 e. The van der Waals surface area contributed by atoms with E-state index < -0.39 is 5.41 Å². The number of amides is 2. The molecule has 0 atom stereocenters. The predicted octanol–water partition coefficient (Wildman–Crippen LogP) is 2.91. The van der Waals surface area contributed by atoms with Gasteiger partial charge in [-0.2, -0.15) is 0 Å². The van der Waals surface area contributed by atoms with Crippen LogP contribution in [0.3, 0.4) is 0 Å². The van der Waals surface area contributed by atoms with Gasteiger partial charge in [0.1, 0.15) is 17.8 Å². The maximum absolute atomic E-state index is 12.9. The van der Waals surface area contributed by atoms with Gasteiger partial charge in [-0.25, -0.2) is 0 Å². The smallest absolute Gasteiger partial charge is 0.242 e. The third-order valence-corrected chi connectivity index (χ3v) is 5.51. The number of carbonyl (C=O) groups excluding carboxylic acids is 2. The molecule has 0 saturated heterocycles. The predicted molar refractivity (Wildman–Crippen MR) is 118 cm³/mol. The van der Waals surface area contributed by atoms with E-state index in [1.165, 1.54) is 0 Å². The van der Waals surface area contributed by atoms with Gasteiger partial charge in [-0.15, -0.1) is 0 Å². The van der Waals surface area contributed by atoms with Crippen molar-refractivity contribution in [1.82, 2.24) is 10.3 Å². The summed E-state index contributed by atoms with van der Waals surface area (Å²) in [6, 6.07) is 9.51. The van der Waals surface area contributed by atoms with Gasteiger partial charge in [-0.3, -0.25) is 14.6 Å². The van der Waals surface area contributed by atoms with Crippen LogP contribution in [0.1, 0.15) is 32.0 Å². The molecular weight excluding hydrogens is 380 g/mol. The molecule has 2 heterocycles. The summed E-state index contributed by atoms with van der Waals surface area (Å²) in [5, 5.41) is 3.35. The van der Waals surface area contributed by atoms with E-state index >= 15 is 0 Å². The quantitative estimate of drug-likeness (QED) is 0.561. The molecule has 0 aliphatic carbocycles. The summed E-state index contributed by atoms with van der Waals surface area (Å²) in [5.41, 5.74) is 2.47. The lowest BCUT2D eigenvalue weighted by Crippen LogP contribution is -2.47. The first kappa shape index (κ1) is 21.8. The summed E-state index contributed by atoms with van der Waals surface area (Å²) in [6.07, 6.45) is 1.79. The summed E-state index contributed by atoms with van der Waals surface area (Å²) >= 11 is 0. The largest absolute Gasteiger partial charge is 0.492 e. The van der Waals surface area contributed by atoms with Crippen molar-refractivity contribution in [2.75, 3.05) is 36.5 Å². The zero-order valence-electron chi connectivity index (χ0n) is 18.4. The highest BCUT2D eigenvalue weighted by Gasteiger charge is 2.45. The average molecular weight is 411 g/mol. The van der Waals surface area contributed by atoms with Crippen molar-refractivity contribution in [2.24, 2.45) is 5.41 Å². The van der Waals surface area contributed by atoms with Gasteiger partial charge in [-0.05, 0) is 51.5 Å². The first-order chi connectivity index (χ1) is 14.3. The molecule has 1 aliphatic rings. The van der Waals surface area contributed by atoms with E-state index in [4.69, 9.17) is 4.74 Å². The van der Waals surface area contributed by atoms with Crippen LogP contribution in [-0.4, -0.2) is 43.5 Å². The van der Waals surface area contributed by atoms with E-state index in [-0.39, 0.29) is 11.8 Å². The van der Waals surface area contributed by atoms with Gasteiger partial charge in [-0.1, -0.05) is 6.07 Å². The lowest BCUT2D eigenvalue weighted by Gasteiger charge is -2.27. The molecule has 30 heavy (non-hydrogen) atoms. The lowest BCUT2D eigenvalue weighted by atomic mass is 9.90. The molecule has 7 heteroatoms. The zero-order valence-corrected chi connectivity index (χ0v) is 18.4. The number of rotatable bonds is 7. The second kappa shape index (κ2) is 8.83. The Hall–Kier alpha value is -2.93. The topological polar surface area (TPSA) is 74.8 Å². The van der Waals surface area contributed by atoms with Gasteiger partial charge in [0, 0.05) is 44.6 Å². The van der Waals surface area contributed by atoms with Crippen LogP contribution in [0.25, 0.3) is 0 Å². The molecule has 1 aromatic carbocycles. The summed E-state index contributed by atoms with van der Waals surface area (Å²) in [5.74, 6) is 0.246. The van der Waals surface area contributed by atoms with E-state index in [0.717, 1.165) is 23.5 Å². The Bertz CT molecular complexity index is 942. The van der Waals surface area contributed by atoms with Crippen molar-refractivity contribution in [3.8, 4) is 5.75 Å². The van der Waals surface area contributed by atoms with Crippen LogP contribution in [0.4, 0.5) is 11.4 Å².